The monoisotopic (exact) mass is 307 g/mol. The van der Waals surface area contributed by atoms with Crippen LogP contribution in [-0.4, -0.2) is 59.9 Å². The first kappa shape index (κ1) is 14.5. The average molecular weight is 307 g/mol. The van der Waals surface area contributed by atoms with Crippen molar-refractivity contribution in [2.24, 2.45) is 7.05 Å². The lowest BCUT2D eigenvalue weighted by Gasteiger charge is -2.26. The van der Waals surface area contributed by atoms with Gasteiger partial charge in [-0.2, -0.15) is 5.10 Å². The van der Waals surface area contributed by atoms with Crippen molar-refractivity contribution in [1.82, 2.24) is 25.3 Å². The van der Waals surface area contributed by atoms with Gasteiger partial charge in [0.1, 0.15) is 4.83 Å². The molecule has 2 aromatic heterocycles. The molecule has 1 fully saturated rings. The number of hydrogen-bond acceptors (Lipinski definition) is 5. The highest BCUT2D eigenvalue weighted by atomic mass is 32.1. The Morgan fingerprint density at radius 3 is 2.95 bits per heavy atom. The molecule has 21 heavy (non-hydrogen) atoms. The van der Waals surface area contributed by atoms with Crippen LogP contribution in [0, 0.1) is 6.92 Å². The maximum absolute atomic E-state index is 12.2. The number of carbonyl (C=O) groups excluding carboxylic acids is 1. The van der Waals surface area contributed by atoms with Crippen molar-refractivity contribution in [3.05, 3.63) is 16.6 Å². The zero-order valence-electron chi connectivity index (χ0n) is 12.5. The van der Waals surface area contributed by atoms with Gasteiger partial charge in [0.15, 0.2) is 0 Å². The van der Waals surface area contributed by atoms with E-state index < -0.39 is 0 Å². The van der Waals surface area contributed by atoms with Crippen LogP contribution in [0.25, 0.3) is 10.2 Å². The third kappa shape index (κ3) is 3.09. The molecule has 0 unspecified atom stereocenters. The van der Waals surface area contributed by atoms with Crippen LogP contribution in [0.15, 0.2) is 6.07 Å². The van der Waals surface area contributed by atoms with Gasteiger partial charge in [0.2, 0.25) is 0 Å². The number of nitrogens with zero attached hydrogens (tertiary/aromatic N) is 3. The minimum Gasteiger partial charge on any atom is -0.350 e. The lowest BCUT2D eigenvalue weighted by Crippen LogP contribution is -2.46. The molecule has 0 aromatic carbocycles. The summed E-state index contributed by atoms with van der Waals surface area (Å²) in [5.41, 5.74) is 0.976. The van der Waals surface area contributed by atoms with Gasteiger partial charge in [-0.3, -0.25) is 14.4 Å². The van der Waals surface area contributed by atoms with Crippen molar-refractivity contribution in [3.63, 3.8) is 0 Å². The van der Waals surface area contributed by atoms with E-state index in [9.17, 15) is 4.79 Å². The van der Waals surface area contributed by atoms with Crippen LogP contribution in [0.4, 0.5) is 0 Å². The first-order valence-corrected chi connectivity index (χ1v) is 8.11. The normalized spacial score (nSPS) is 16.5. The number of aryl methyl sites for hydroxylation is 2. The van der Waals surface area contributed by atoms with Gasteiger partial charge in [-0.1, -0.05) is 0 Å². The number of fused-ring (bicyclic) bond motifs is 1. The molecule has 1 aliphatic heterocycles. The molecule has 2 N–H and O–H groups in total. The van der Waals surface area contributed by atoms with E-state index in [0.717, 1.165) is 53.5 Å². The van der Waals surface area contributed by atoms with E-state index in [1.807, 2.05) is 24.7 Å². The minimum absolute atomic E-state index is 0.0192. The van der Waals surface area contributed by atoms with Gasteiger partial charge in [0.05, 0.1) is 10.6 Å². The van der Waals surface area contributed by atoms with E-state index in [0.29, 0.717) is 6.54 Å². The lowest BCUT2D eigenvalue weighted by atomic mass is 10.3. The van der Waals surface area contributed by atoms with Crippen LogP contribution in [0.5, 0.6) is 0 Å². The number of rotatable bonds is 4. The SMILES string of the molecule is Cc1nn(C)c2sc(C(=O)NCCN3CCNCC3)cc12. The summed E-state index contributed by atoms with van der Waals surface area (Å²) in [5, 5.41) is 11.8. The van der Waals surface area contributed by atoms with Crippen molar-refractivity contribution in [1.29, 1.82) is 0 Å². The Morgan fingerprint density at radius 2 is 2.24 bits per heavy atom. The fourth-order valence-electron chi connectivity index (χ4n) is 2.67. The fourth-order valence-corrected chi connectivity index (χ4v) is 3.71. The zero-order valence-corrected chi connectivity index (χ0v) is 13.3. The molecule has 0 bridgehead atoms. The third-order valence-corrected chi connectivity index (χ3v) is 5.04. The summed E-state index contributed by atoms with van der Waals surface area (Å²) in [7, 11) is 1.91. The largest absolute Gasteiger partial charge is 0.350 e. The van der Waals surface area contributed by atoms with Crippen molar-refractivity contribution in [2.75, 3.05) is 39.3 Å². The molecule has 7 heteroatoms. The molecule has 114 valence electrons. The first-order valence-electron chi connectivity index (χ1n) is 7.29. The van der Waals surface area contributed by atoms with Crippen LogP contribution in [0.1, 0.15) is 15.4 Å². The molecule has 0 aliphatic carbocycles. The standard InChI is InChI=1S/C14H21N5OS/c1-10-11-9-12(21-14(11)18(2)17-10)13(20)16-5-8-19-6-3-15-4-7-19/h9,15H,3-8H2,1-2H3,(H,16,20). The zero-order chi connectivity index (χ0) is 14.8. The van der Waals surface area contributed by atoms with Crippen molar-refractivity contribution >= 4 is 27.5 Å². The summed E-state index contributed by atoms with van der Waals surface area (Å²) in [5.74, 6) is 0.0192. The topological polar surface area (TPSA) is 62.2 Å². The molecule has 0 radical (unpaired) electrons. The molecule has 2 aromatic rings. The van der Waals surface area contributed by atoms with Crippen LogP contribution in [0.2, 0.25) is 0 Å². The number of nitrogens with one attached hydrogen (secondary N) is 2. The molecule has 3 heterocycles. The molecular formula is C14H21N5OS. The molecule has 0 spiro atoms. The number of aromatic nitrogens is 2. The number of piperazine rings is 1. The van der Waals surface area contributed by atoms with Crippen LogP contribution < -0.4 is 10.6 Å². The molecule has 0 saturated carbocycles. The van der Waals surface area contributed by atoms with Gasteiger partial charge >= 0.3 is 0 Å². The number of hydrogen-bond donors (Lipinski definition) is 2. The summed E-state index contributed by atoms with van der Waals surface area (Å²) in [6, 6.07) is 1.95. The Balaban J connectivity index is 1.57. The highest BCUT2D eigenvalue weighted by Gasteiger charge is 2.15. The van der Waals surface area contributed by atoms with Crippen molar-refractivity contribution in [2.45, 2.75) is 6.92 Å². The Hall–Kier alpha value is -1.44. The Bertz CT molecular complexity index is 607. The third-order valence-electron chi connectivity index (χ3n) is 3.84. The molecule has 3 rings (SSSR count). The minimum atomic E-state index is 0.0192. The number of thiophene rings is 1. The van der Waals surface area contributed by atoms with Gasteiger partial charge in [0.25, 0.3) is 5.91 Å². The van der Waals surface area contributed by atoms with Gasteiger partial charge in [0, 0.05) is 51.7 Å². The predicted octanol–water partition coefficient (Wildman–Crippen LogP) is 0.578. The van der Waals surface area contributed by atoms with E-state index in [4.69, 9.17) is 0 Å². The van der Waals surface area contributed by atoms with Crippen molar-refractivity contribution < 1.29 is 4.79 Å². The Labute approximate surface area is 128 Å². The number of amides is 1. The molecule has 1 saturated heterocycles. The van der Waals surface area contributed by atoms with Gasteiger partial charge in [-0.05, 0) is 13.0 Å². The van der Waals surface area contributed by atoms with E-state index in [-0.39, 0.29) is 5.91 Å². The van der Waals surface area contributed by atoms with E-state index in [1.165, 1.54) is 11.3 Å². The fraction of sp³-hybridized carbons (Fsp3) is 0.571. The van der Waals surface area contributed by atoms with Crippen LogP contribution in [-0.2, 0) is 7.05 Å². The van der Waals surface area contributed by atoms with E-state index in [2.05, 4.69) is 20.6 Å². The molecule has 1 amide bonds. The molecular weight excluding hydrogens is 286 g/mol. The van der Waals surface area contributed by atoms with Crippen molar-refractivity contribution in [3.8, 4) is 0 Å². The summed E-state index contributed by atoms with van der Waals surface area (Å²) >= 11 is 1.50. The second kappa shape index (κ2) is 6.13. The smallest absolute Gasteiger partial charge is 0.261 e. The summed E-state index contributed by atoms with van der Waals surface area (Å²) in [6.45, 7) is 7.78. The Morgan fingerprint density at radius 1 is 1.48 bits per heavy atom. The first-order chi connectivity index (χ1) is 10.1. The van der Waals surface area contributed by atoms with Crippen LogP contribution in [0.3, 0.4) is 0 Å². The summed E-state index contributed by atoms with van der Waals surface area (Å²) in [6.07, 6.45) is 0. The lowest BCUT2D eigenvalue weighted by molar-refractivity contribution is 0.0951. The quantitative estimate of drug-likeness (QED) is 0.867. The average Bonchev–Trinajstić information content (AvgIpc) is 3.03. The molecule has 1 aliphatic rings. The van der Waals surface area contributed by atoms with Gasteiger partial charge < -0.3 is 10.6 Å². The molecule has 6 nitrogen and oxygen atoms in total. The van der Waals surface area contributed by atoms with E-state index in [1.54, 1.807) is 0 Å². The predicted molar refractivity (Wildman–Crippen MR) is 85.0 cm³/mol. The Kier molecular flexibility index (Phi) is 4.23. The second-order valence-corrected chi connectivity index (χ2v) is 6.42. The summed E-state index contributed by atoms with van der Waals surface area (Å²) in [4.78, 5) is 16.4. The maximum Gasteiger partial charge on any atom is 0.261 e. The highest BCUT2D eigenvalue weighted by molar-refractivity contribution is 7.20. The summed E-state index contributed by atoms with van der Waals surface area (Å²) < 4.78 is 1.84. The number of carbonyl (C=O) groups is 1. The molecule has 0 atom stereocenters. The van der Waals surface area contributed by atoms with E-state index >= 15 is 0 Å². The van der Waals surface area contributed by atoms with Gasteiger partial charge in [-0.15, -0.1) is 11.3 Å². The maximum atomic E-state index is 12.2. The van der Waals surface area contributed by atoms with Crippen LogP contribution >= 0.6 is 11.3 Å². The van der Waals surface area contributed by atoms with Gasteiger partial charge in [-0.25, -0.2) is 0 Å². The second-order valence-electron chi connectivity index (χ2n) is 5.39. The highest BCUT2D eigenvalue weighted by Crippen LogP contribution is 2.27.